The van der Waals surface area contributed by atoms with Gasteiger partial charge in [-0.25, -0.2) is 0 Å². The standard InChI is InChI=1S/C11H14N2/c1-8-12-10-7-5-4-6-9(10)11(2,3)13-8/h4-7,12-13H,1H2,2-3H3. The van der Waals surface area contributed by atoms with Crippen LogP contribution in [0.15, 0.2) is 36.7 Å². The molecule has 13 heavy (non-hydrogen) atoms. The third-order valence-corrected chi connectivity index (χ3v) is 2.35. The topological polar surface area (TPSA) is 24.1 Å². The molecule has 2 nitrogen and oxygen atoms in total. The molecule has 0 amide bonds. The SMILES string of the molecule is C=C1Nc2ccccc2C(C)(C)N1. The largest absolute Gasteiger partial charge is 0.363 e. The van der Waals surface area contributed by atoms with Crippen LogP contribution in [0.2, 0.25) is 0 Å². The van der Waals surface area contributed by atoms with E-state index >= 15 is 0 Å². The van der Waals surface area contributed by atoms with E-state index in [1.54, 1.807) is 0 Å². The Morgan fingerprint density at radius 3 is 2.69 bits per heavy atom. The fraction of sp³-hybridized carbons (Fsp3) is 0.273. The Hall–Kier alpha value is -1.44. The summed E-state index contributed by atoms with van der Waals surface area (Å²) in [5.41, 5.74) is 2.40. The van der Waals surface area contributed by atoms with Crippen molar-refractivity contribution in [2.45, 2.75) is 19.4 Å². The molecule has 1 aliphatic heterocycles. The third kappa shape index (κ3) is 1.28. The molecule has 0 bridgehead atoms. The monoisotopic (exact) mass is 174 g/mol. The lowest BCUT2D eigenvalue weighted by Crippen LogP contribution is -2.42. The second-order valence-corrected chi connectivity index (χ2v) is 3.90. The molecule has 2 heteroatoms. The summed E-state index contributed by atoms with van der Waals surface area (Å²) in [4.78, 5) is 0. The minimum absolute atomic E-state index is 0.0288. The summed E-state index contributed by atoms with van der Waals surface area (Å²) in [6.07, 6.45) is 0. The predicted octanol–water partition coefficient (Wildman–Crippen LogP) is 2.41. The van der Waals surface area contributed by atoms with E-state index in [-0.39, 0.29) is 5.54 Å². The van der Waals surface area contributed by atoms with Crippen molar-refractivity contribution >= 4 is 5.69 Å². The molecule has 0 aromatic heterocycles. The Morgan fingerprint density at radius 2 is 1.92 bits per heavy atom. The zero-order valence-electron chi connectivity index (χ0n) is 8.02. The zero-order chi connectivity index (χ0) is 9.47. The Bertz CT molecular complexity index is 353. The van der Waals surface area contributed by atoms with Gasteiger partial charge in [0, 0.05) is 11.3 Å². The van der Waals surface area contributed by atoms with Crippen LogP contribution in [-0.4, -0.2) is 0 Å². The van der Waals surface area contributed by atoms with Crippen molar-refractivity contribution in [1.29, 1.82) is 0 Å². The van der Waals surface area contributed by atoms with Crippen molar-refractivity contribution in [3.63, 3.8) is 0 Å². The van der Waals surface area contributed by atoms with Crippen LogP contribution in [0.25, 0.3) is 0 Å². The molecule has 68 valence electrons. The number of fused-ring (bicyclic) bond motifs is 1. The van der Waals surface area contributed by atoms with E-state index in [1.807, 2.05) is 6.07 Å². The number of nitrogens with one attached hydrogen (secondary N) is 2. The molecule has 0 saturated carbocycles. The van der Waals surface area contributed by atoms with Crippen LogP contribution in [0.1, 0.15) is 19.4 Å². The van der Waals surface area contributed by atoms with Crippen LogP contribution >= 0.6 is 0 Å². The Labute approximate surface area is 78.7 Å². The van der Waals surface area contributed by atoms with Crippen molar-refractivity contribution in [2.75, 3.05) is 5.32 Å². The van der Waals surface area contributed by atoms with Gasteiger partial charge >= 0.3 is 0 Å². The van der Waals surface area contributed by atoms with E-state index in [0.29, 0.717) is 0 Å². The van der Waals surface area contributed by atoms with Crippen LogP contribution in [0, 0.1) is 0 Å². The van der Waals surface area contributed by atoms with Gasteiger partial charge in [0.25, 0.3) is 0 Å². The van der Waals surface area contributed by atoms with Crippen LogP contribution in [0.5, 0.6) is 0 Å². The molecule has 2 N–H and O–H groups in total. The smallest absolute Gasteiger partial charge is 0.0964 e. The molecular weight excluding hydrogens is 160 g/mol. The van der Waals surface area contributed by atoms with Gasteiger partial charge in [-0.1, -0.05) is 24.8 Å². The summed E-state index contributed by atoms with van der Waals surface area (Å²) in [5, 5.41) is 6.52. The second-order valence-electron chi connectivity index (χ2n) is 3.90. The summed E-state index contributed by atoms with van der Waals surface area (Å²) in [7, 11) is 0. The first-order valence-corrected chi connectivity index (χ1v) is 4.43. The van der Waals surface area contributed by atoms with Crippen LogP contribution in [0.3, 0.4) is 0 Å². The van der Waals surface area contributed by atoms with Gasteiger partial charge < -0.3 is 10.6 Å². The molecule has 0 spiro atoms. The Balaban J connectivity index is 2.56. The molecule has 1 aromatic carbocycles. The highest BCUT2D eigenvalue weighted by Crippen LogP contribution is 2.32. The number of para-hydroxylation sites is 1. The van der Waals surface area contributed by atoms with E-state index in [0.717, 1.165) is 11.5 Å². The number of benzene rings is 1. The van der Waals surface area contributed by atoms with Gasteiger partial charge in [-0.2, -0.15) is 0 Å². The molecule has 1 aromatic rings. The van der Waals surface area contributed by atoms with E-state index in [9.17, 15) is 0 Å². The lowest BCUT2D eigenvalue weighted by molar-refractivity contribution is 0.442. The molecule has 0 aliphatic carbocycles. The first-order chi connectivity index (χ1) is 6.09. The maximum absolute atomic E-state index is 3.89. The lowest BCUT2D eigenvalue weighted by atomic mass is 9.91. The van der Waals surface area contributed by atoms with Gasteiger partial charge in [-0.3, -0.25) is 0 Å². The van der Waals surface area contributed by atoms with E-state index in [4.69, 9.17) is 0 Å². The number of rotatable bonds is 0. The van der Waals surface area contributed by atoms with Crippen LogP contribution < -0.4 is 10.6 Å². The quantitative estimate of drug-likeness (QED) is 0.631. The summed E-state index contributed by atoms with van der Waals surface area (Å²) >= 11 is 0. The van der Waals surface area contributed by atoms with Gasteiger partial charge in [0.15, 0.2) is 0 Å². The average Bonchev–Trinajstić information content (AvgIpc) is 2.02. The maximum Gasteiger partial charge on any atom is 0.0964 e. The van der Waals surface area contributed by atoms with Gasteiger partial charge in [0.1, 0.15) is 0 Å². The van der Waals surface area contributed by atoms with Crippen molar-refractivity contribution < 1.29 is 0 Å². The Morgan fingerprint density at radius 1 is 1.23 bits per heavy atom. The summed E-state index contributed by atoms with van der Waals surface area (Å²) in [6.45, 7) is 8.19. The van der Waals surface area contributed by atoms with E-state index in [2.05, 4.69) is 49.3 Å². The molecule has 0 fully saturated rings. The van der Waals surface area contributed by atoms with Crippen molar-refractivity contribution in [2.24, 2.45) is 0 Å². The summed E-state index contributed by atoms with van der Waals surface area (Å²) < 4.78 is 0. The molecule has 0 unspecified atom stereocenters. The molecule has 1 heterocycles. The Kier molecular flexibility index (Phi) is 1.59. The van der Waals surface area contributed by atoms with Gasteiger partial charge in [0.05, 0.1) is 11.4 Å². The summed E-state index contributed by atoms with van der Waals surface area (Å²) in [5.74, 6) is 0.865. The highest BCUT2D eigenvalue weighted by molar-refractivity contribution is 5.59. The lowest BCUT2D eigenvalue weighted by Gasteiger charge is -2.36. The van der Waals surface area contributed by atoms with Crippen LogP contribution in [-0.2, 0) is 5.54 Å². The number of hydrogen-bond donors (Lipinski definition) is 2. The summed E-state index contributed by atoms with van der Waals surface area (Å²) in [6, 6.07) is 8.28. The van der Waals surface area contributed by atoms with Crippen molar-refractivity contribution in [3.05, 3.63) is 42.2 Å². The highest BCUT2D eigenvalue weighted by Gasteiger charge is 2.27. The molecule has 0 radical (unpaired) electrons. The second kappa shape index (κ2) is 2.52. The van der Waals surface area contributed by atoms with E-state index < -0.39 is 0 Å². The third-order valence-electron chi connectivity index (χ3n) is 2.35. The molecule has 0 saturated heterocycles. The minimum Gasteiger partial charge on any atom is -0.363 e. The maximum atomic E-state index is 3.89. The molecular formula is C11H14N2. The molecule has 2 rings (SSSR count). The fourth-order valence-electron chi connectivity index (χ4n) is 1.78. The van der Waals surface area contributed by atoms with Gasteiger partial charge in [-0.05, 0) is 19.9 Å². The zero-order valence-corrected chi connectivity index (χ0v) is 8.02. The predicted molar refractivity (Wildman–Crippen MR) is 55.4 cm³/mol. The average molecular weight is 174 g/mol. The molecule has 0 atom stereocenters. The van der Waals surface area contributed by atoms with Gasteiger partial charge in [0.2, 0.25) is 0 Å². The fourth-order valence-corrected chi connectivity index (χ4v) is 1.78. The highest BCUT2D eigenvalue weighted by atomic mass is 15.2. The van der Waals surface area contributed by atoms with Gasteiger partial charge in [-0.15, -0.1) is 0 Å². The number of hydrogen-bond acceptors (Lipinski definition) is 2. The number of anilines is 1. The normalized spacial score (nSPS) is 18.5. The van der Waals surface area contributed by atoms with E-state index in [1.165, 1.54) is 5.56 Å². The first kappa shape index (κ1) is 8.17. The van der Waals surface area contributed by atoms with Crippen molar-refractivity contribution in [1.82, 2.24) is 5.32 Å². The molecule has 1 aliphatic rings. The van der Waals surface area contributed by atoms with Crippen LogP contribution in [0.4, 0.5) is 5.69 Å². The first-order valence-electron chi connectivity index (χ1n) is 4.43. The minimum atomic E-state index is -0.0288. The van der Waals surface area contributed by atoms with Crippen molar-refractivity contribution in [3.8, 4) is 0 Å².